The lowest BCUT2D eigenvalue weighted by Gasteiger charge is -2.10. The number of nitro groups is 1. The quantitative estimate of drug-likeness (QED) is 0.210. The largest absolute Gasteiger partial charge is 0.494 e. The van der Waals surface area contributed by atoms with Crippen LogP contribution in [0, 0.1) is 17.0 Å². The van der Waals surface area contributed by atoms with Gasteiger partial charge in [-0.05, 0) is 25.1 Å². The third-order valence-corrected chi connectivity index (χ3v) is 6.03. The Morgan fingerprint density at radius 3 is 2.47 bits per heavy atom. The fraction of sp³-hybridized carbons (Fsp3) is 0.120. The lowest BCUT2D eigenvalue weighted by molar-refractivity contribution is -0.384. The highest BCUT2D eigenvalue weighted by molar-refractivity contribution is 7.99. The molecule has 10 nitrogen and oxygen atoms in total. The summed E-state index contributed by atoms with van der Waals surface area (Å²) in [7, 11) is 1.35. The third kappa shape index (κ3) is 5.58. The second kappa shape index (κ2) is 10.8. The van der Waals surface area contributed by atoms with Gasteiger partial charge in [-0.2, -0.15) is 4.68 Å². The molecule has 0 aliphatic carbocycles. The molecule has 4 aromatic rings. The highest BCUT2D eigenvalue weighted by Gasteiger charge is 2.21. The van der Waals surface area contributed by atoms with E-state index in [4.69, 9.17) is 4.74 Å². The van der Waals surface area contributed by atoms with Gasteiger partial charge in [-0.15, -0.1) is 5.10 Å². The molecule has 0 bridgehead atoms. The van der Waals surface area contributed by atoms with Gasteiger partial charge in [0, 0.05) is 17.2 Å². The summed E-state index contributed by atoms with van der Waals surface area (Å²) in [5.41, 5.74) is 2.32. The number of nitrogens with one attached hydrogen (secondary N) is 1. The number of non-ortho nitro benzene ring substituents is 1. The molecular weight excluding hydrogens is 482 g/mol. The number of thioether (sulfide) groups is 1. The lowest BCUT2D eigenvalue weighted by atomic mass is 10.1. The van der Waals surface area contributed by atoms with Crippen LogP contribution in [0.15, 0.2) is 78.0 Å². The van der Waals surface area contributed by atoms with E-state index in [1.165, 1.54) is 30.0 Å². The van der Waals surface area contributed by atoms with Crippen LogP contribution in [-0.4, -0.2) is 44.4 Å². The number of carbonyl (C=O) groups excluding carboxylic acids is 2. The molecule has 3 aromatic carbocycles. The number of nitrogens with zero attached hydrogens (tertiary/aromatic N) is 4. The van der Waals surface area contributed by atoms with Crippen LogP contribution in [0.3, 0.4) is 0 Å². The zero-order valence-electron chi connectivity index (χ0n) is 19.4. The number of aryl methyl sites for hydroxylation is 1. The summed E-state index contributed by atoms with van der Waals surface area (Å²) in [6.07, 6.45) is 0. The summed E-state index contributed by atoms with van der Waals surface area (Å²) in [6.45, 7) is 1.93. The summed E-state index contributed by atoms with van der Waals surface area (Å²) >= 11 is 1.04. The Kier molecular flexibility index (Phi) is 7.40. The number of amides is 1. The number of ether oxygens (including phenoxy) is 1. The Bertz CT molecular complexity index is 1420. The Labute approximate surface area is 210 Å². The minimum absolute atomic E-state index is 0.0890. The van der Waals surface area contributed by atoms with Crippen molar-refractivity contribution in [3.63, 3.8) is 0 Å². The molecule has 1 N–H and O–H groups in total. The third-order valence-electron chi connectivity index (χ3n) is 5.10. The van der Waals surface area contributed by atoms with Crippen LogP contribution in [0.4, 0.5) is 11.4 Å². The molecular formula is C25H21N5O5S. The SMILES string of the molecule is COc1cc([N+](=O)[O-])ccc1NC(=O)CSc1nc(-c2ccccc2)nn1C(=O)c1ccc(C)cc1. The number of anilines is 1. The molecule has 0 atom stereocenters. The van der Waals surface area contributed by atoms with E-state index in [1.54, 1.807) is 12.1 Å². The number of rotatable bonds is 8. The lowest BCUT2D eigenvalue weighted by Crippen LogP contribution is -2.18. The van der Waals surface area contributed by atoms with Gasteiger partial charge in [0.15, 0.2) is 11.0 Å². The summed E-state index contributed by atoms with van der Waals surface area (Å²) in [5.74, 6) is -0.355. The van der Waals surface area contributed by atoms with Crippen molar-refractivity contribution < 1.29 is 19.2 Å². The van der Waals surface area contributed by atoms with Crippen molar-refractivity contribution in [2.24, 2.45) is 0 Å². The molecule has 1 aromatic heterocycles. The fourth-order valence-electron chi connectivity index (χ4n) is 3.26. The van der Waals surface area contributed by atoms with Gasteiger partial charge in [0.1, 0.15) is 5.75 Å². The average Bonchev–Trinajstić information content (AvgIpc) is 3.32. The van der Waals surface area contributed by atoms with Crippen molar-refractivity contribution in [1.29, 1.82) is 0 Å². The molecule has 36 heavy (non-hydrogen) atoms. The second-order valence-electron chi connectivity index (χ2n) is 7.65. The van der Waals surface area contributed by atoms with E-state index in [-0.39, 0.29) is 33.9 Å². The van der Waals surface area contributed by atoms with E-state index in [1.807, 2.05) is 49.4 Å². The highest BCUT2D eigenvalue weighted by atomic mass is 32.2. The molecule has 0 radical (unpaired) electrons. The molecule has 0 aliphatic heterocycles. The number of nitro benzene ring substituents is 1. The molecule has 0 saturated heterocycles. The van der Waals surface area contributed by atoms with Crippen molar-refractivity contribution in [1.82, 2.24) is 14.8 Å². The molecule has 0 fully saturated rings. The maximum atomic E-state index is 13.2. The molecule has 4 rings (SSSR count). The number of aromatic nitrogens is 3. The predicted octanol–water partition coefficient (Wildman–Crippen LogP) is 4.59. The Morgan fingerprint density at radius 2 is 1.81 bits per heavy atom. The molecule has 11 heteroatoms. The van der Waals surface area contributed by atoms with E-state index in [0.29, 0.717) is 11.4 Å². The first-order chi connectivity index (χ1) is 17.4. The van der Waals surface area contributed by atoms with E-state index in [2.05, 4.69) is 15.4 Å². The standard InChI is InChI=1S/C25H21N5O5S/c1-16-8-10-18(11-9-16)24(32)29-25(27-23(28-29)17-6-4-3-5-7-17)36-15-22(31)26-20-13-12-19(30(33)34)14-21(20)35-2/h3-14H,15H2,1-2H3,(H,26,31). The van der Waals surface area contributed by atoms with E-state index >= 15 is 0 Å². The van der Waals surface area contributed by atoms with Crippen molar-refractivity contribution in [2.45, 2.75) is 12.1 Å². The van der Waals surface area contributed by atoms with Crippen LogP contribution in [0.2, 0.25) is 0 Å². The van der Waals surface area contributed by atoms with Gasteiger partial charge in [0.05, 0.1) is 29.5 Å². The van der Waals surface area contributed by atoms with E-state index < -0.39 is 10.8 Å². The van der Waals surface area contributed by atoms with Crippen LogP contribution >= 0.6 is 11.8 Å². The highest BCUT2D eigenvalue weighted by Crippen LogP contribution is 2.29. The van der Waals surface area contributed by atoms with Crippen molar-refractivity contribution in [3.8, 4) is 17.1 Å². The Hall–Kier alpha value is -4.51. The van der Waals surface area contributed by atoms with Gasteiger partial charge < -0.3 is 10.1 Å². The summed E-state index contributed by atoms with van der Waals surface area (Å²) < 4.78 is 6.35. The van der Waals surface area contributed by atoms with Crippen molar-refractivity contribution in [3.05, 3.63) is 94.0 Å². The number of carbonyl (C=O) groups is 2. The maximum absolute atomic E-state index is 13.2. The normalized spacial score (nSPS) is 10.6. The maximum Gasteiger partial charge on any atom is 0.280 e. The number of hydrogen-bond donors (Lipinski definition) is 1. The number of hydrogen-bond acceptors (Lipinski definition) is 8. The van der Waals surface area contributed by atoms with Gasteiger partial charge in [-0.25, -0.2) is 4.98 Å². The molecule has 0 aliphatic rings. The van der Waals surface area contributed by atoms with Gasteiger partial charge in [0.25, 0.3) is 11.6 Å². The molecule has 0 saturated carbocycles. The number of methoxy groups -OCH3 is 1. The van der Waals surface area contributed by atoms with Crippen molar-refractivity contribution >= 4 is 35.0 Å². The molecule has 1 amide bonds. The zero-order valence-corrected chi connectivity index (χ0v) is 20.2. The first-order valence-corrected chi connectivity index (χ1v) is 11.7. The Balaban J connectivity index is 1.56. The molecule has 0 unspecified atom stereocenters. The van der Waals surface area contributed by atoms with Gasteiger partial charge >= 0.3 is 0 Å². The van der Waals surface area contributed by atoms with Crippen LogP contribution < -0.4 is 10.1 Å². The first kappa shape index (κ1) is 24.6. The van der Waals surface area contributed by atoms with Gasteiger partial charge in [-0.1, -0.05) is 59.8 Å². The Morgan fingerprint density at radius 1 is 1.08 bits per heavy atom. The van der Waals surface area contributed by atoms with Crippen LogP contribution in [0.25, 0.3) is 11.4 Å². The van der Waals surface area contributed by atoms with Crippen LogP contribution in [-0.2, 0) is 4.79 Å². The smallest absolute Gasteiger partial charge is 0.280 e. The predicted molar refractivity (Wildman–Crippen MR) is 135 cm³/mol. The summed E-state index contributed by atoms with van der Waals surface area (Å²) in [6, 6.07) is 20.2. The summed E-state index contributed by atoms with van der Waals surface area (Å²) in [5, 5.41) is 18.3. The van der Waals surface area contributed by atoms with Crippen molar-refractivity contribution in [2.75, 3.05) is 18.2 Å². The fourth-order valence-corrected chi connectivity index (χ4v) is 3.99. The van der Waals surface area contributed by atoms with E-state index in [0.717, 1.165) is 22.9 Å². The van der Waals surface area contributed by atoms with Crippen LogP contribution in [0.5, 0.6) is 5.75 Å². The topological polar surface area (TPSA) is 129 Å². The molecule has 1 heterocycles. The molecule has 0 spiro atoms. The minimum atomic E-state index is -0.549. The van der Waals surface area contributed by atoms with E-state index in [9.17, 15) is 19.7 Å². The number of benzene rings is 3. The van der Waals surface area contributed by atoms with Crippen LogP contribution in [0.1, 0.15) is 15.9 Å². The zero-order chi connectivity index (χ0) is 25.7. The average molecular weight is 504 g/mol. The second-order valence-corrected chi connectivity index (χ2v) is 8.59. The monoisotopic (exact) mass is 503 g/mol. The minimum Gasteiger partial charge on any atom is -0.494 e. The summed E-state index contributed by atoms with van der Waals surface area (Å²) in [4.78, 5) is 40.8. The first-order valence-electron chi connectivity index (χ1n) is 10.7. The molecule has 182 valence electrons. The van der Waals surface area contributed by atoms with Gasteiger partial charge in [-0.3, -0.25) is 19.7 Å². The van der Waals surface area contributed by atoms with Gasteiger partial charge in [0.2, 0.25) is 5.91 Å².